The van der Waals surface area contributed by atoms with Crippen LogP contribution in [-0.4, -0.2) is 5.97 Å². The summed E-state index contributed by atoms with van der Waals surface area (Å²) in [5.74, 6) is -0.907. The lowest BCUT2D eigenvalue weighted by Gasteiger charge is -2.32. The topological polar surface area (TPSA) is 72.4 Å². The summed E-state index contributed by atoms with van der Waals surface area (Å²) in [7, 11) is 0. The zero-order chi connectivity index (χ0) is 20.2. The van der Waals surface area contributed by atoms with Crippen molar-refractivity contribution in [1.29, 1.82) is 0 Å². The minimum absolute atomic E-state index is 0.214. The quantitative estimate of drug-likeness (QED) is 0.358. The monoisotopic (exact) mass is 628 g/mol. The number of ether oxygens (including phenoxy) is 1. The van der Waals surface area contributed by atoms with E-state index in [1.165, 1.54) is 0 Å². The first-order valence-corrected chi connectivity index (χ1v) is 11.1. The van der Waals surface area contributed by atoms with Gasteiger partial charge in [0.15, 0.2) is 5.60 Å². The number of rotatable bonds is 2. The van der Waals surface area contributed by atoms with E-state index in [4.69, 9.17) is 4.74 Å². The number of carbonyl (C=O) groups is 1. The fourth-order valence-electron chi connectivity index (χ4n) is 3.34. The van der Waals surface area contributed by atoms with E-state index in [1.807, 2.05) is 6.07 Å². The van der Waals surface area contributed by atoms with E-state index in [1.54, 1.807) is 42.5 Å². The first-order chi connectivity index (χ1) is 13.3. The Labute approximate surface area is 194 Å². The van der Waals surface area contributed by atoms with Crippen LogP contribution in [0.5, 0.6) is 11.5 Å². The Hall–Kier alpha value is -1.35. The van der Waals surface area contributed by atoms with Gasteiger partial charge in [-0.05, 0) is 30.3 Å². The molecule has 1 heterocycles. The molecule has 0 saturated heterocycles. The normalized spacial score (nSPS) is 14.6. The molecule has 4 rings (SSSR count). The summed E-state index contributed by atoms with van der Waals surface area (Å²) >= 11 is 13.1. The van der Waals surface area contributed by atoms with Crippen LogP contribution >= 0.6 is 63.7 Å². The van der Waals surface area contributed by atoms with Gasteiger partial charge in [-0.3, -0.25) is 0 Å². The predicted molar refractivity (Wildman–Crippen MR) is 114 cm³/mol. The fourth-order valence-corrected chi connectivity index (χ4v) is 5.71. The molecule has 1 aliphatic rings. The van der Waals surface area contributed by atoms with Crippen LogP contribution in [-0.2, 0) is 10.3 Å². The number of benzene rings is 3. The first-order valence-electron chi connectivity index (χ1n) is 7.91. The number of hydrogen-bond donors (Lipinski definition) is 0. The first kappa shape index (κ1) is 19.9. The molecule has 0 aromatic heterocycles. The molecule has 142 valence electrons. The molecule has 0 bridgehead atoms. The van der Waals surface area contributed by atoms with Crippen LogP contribution < -0.4 is 10.2 Å². The molecule has 0 aliphatic carbocycles. The van der Waals surface area contributed by atoms with Crippen molar-refractivity contribution in [2.45, 2.75) is 5.60 Å². The van der Waals surface area contributed by atoms with Gasteiger partial charge in [0.25, 0.3) is 0 Å². The minimum Gasteiger partial charge on any atom is -0.871 e. The van der Waals surface area contributed by atoms with Crippen molar-refractivity contribution < 1.29 is 19.7 Å². The number of hydrogen-bond acceptors (Lipinski definition) is 4. The van der Waals surface area contributed by atoms with E-state index in [0.29, 0.717) is 40.1 Å². The summed E-state index contributed by atoms with van der Waals surface area (Å²) in [5.41, 5.74) is 0.892. The number of carbonyl (C=O) groups excluding carboxylic acids is 1. The third kappa shape index (κ3) is 2.93. The van der Waals surface area contributed by atoms with E-state index in [9.17, 15) is 15.0 Å². The van der Waals surface area contributed by atoms with E-state index in [0.717, 1.165) is 0 Å². The largest absolute Gasteiger partial charge is 0.871 e. The Balaban J connectivity index is 2.12. The molecule has 4 nitrogen and oxygen atoms in total. The summed E-state index contributed by atoms with van der Waals surface area (Å²) in [6.45, 7) is 0. The third-order valence-corrected chi connectivity index (χ3v) is 6.94. The van der Waals surface area contributed by atoms with Crippen LogP contribution in [0.1, 0.15) is 27.0 Å². The van der Waals surface area contributed by atoms with E-state index in [-0.39, 0.29) is 11.5 Å². The maximum Gasteiger partial charge on any atom is 0.340 e. The van der Waals surface area contributed by atoms with Gasteiger partial charge in [-0.2, -0.15) is 0 Å². The Morgan fingerprint density at radius 2 is 1.18 bits per heavy atom. The molecule has 0 spiro atoms. The van der Waals surface area contributed by atoms with Crippen molar-refractivity contribution in [3.8, 4) is 11.5 Å². The number of esters is 1. The van der Waals surface area contributed by atoms with Crippen molar-refractivity contribution >= 4 is 69.7 Å². The second-order valence-corrected chi connectivity index (χ2v) is 9.57. The molecule has 0 N–H and O–H groups in total. The Kier molecular flexibility index (Phi) is 5.10. The Morgan fingerprint density at radius 3 is 1.64 bits per heavy atom. The predicted octanol–water partition coefficient (Wildman–Crippen LogP) is 5.35. The smallest absolute Gasteiger partial charge is 0.340 e. The molecule has 1 aliphatic heterocycles. The lowest BCUT2D eigenvalue weighted by Crippen LogP contribution is -2.30. The van der Waals surface area contributed by atoms with Crippen LogP contribution in [0.25, 0.3) is 0 Å². The van der Waals surface area contributed by atoms with Crippen molar-refractivity contribution in [3.63, 3.8) is 0 Å². The van der Waals surface area contributed by atoms with Gasteiger partial charge in [0, 0.05) is 34.6 Å². The summed E-state index contributed by atoms with van der Waals surface area (Å²) in [5, 5.41) is 24.4. The Morgan fingerprint density at radius 1 is 0.750 bits per heavy atom. The average Bonchev–Trinajstić information content (AvgIpc) is 2.97. The molecule has 0 unspecified atom stereocenters. The lowest BCUT2D eigenvalue weighted by atomic mass is 9.80. The summed E-state index contributed by atoms with van der Waals surface area (Å²) in [6.07, 6.45) is 0. The van der Waals surface area contributed by atoms with Gasteiger partial charge in [-0.1, -0.05) is 93.4 Å². The zero-order valence-corrected chi connectivity index (χ0v) is 20.1. The Bertz CT molecular complexity index is 1040. The molecule has 8 heteroatoms. The molecular weight excluding hydrogens is 624 g/mol. The second-order valence-electron chi connectivity index (χ2n) is 6.15. The van der Waals surface area contributed by atoms with Gasteiger partial charge in [0.05, 0.1) is 5.56 Å². The second kappa shape index (κ2) is 7.16. The molecule has 0 fully saturated rings. The van der Waals surface area contributed by atoms with Gasteiger partial charge < -0.3 is 14.9 Å². The maximum atomic E-state index is 12.7. The molecule has 0 atom stereocenters. The van der Waals surface area contributed by atoms with Crippen molar-refractivity contribution in [2.24, 2.45) is 0 Å². The van der Waals surface area contributed by atoms with Gasteiger partial charge in [0.1, 0.15) is 0 Å². The molecule has 0 saturated carbocycles. The van der Waals surface area contributed by atoms with Gasteiger partial charge in [0.2, 0.25) is 0 Å². The van der Waals surface area contributed by atoms with Crippen LogP contribution in [0.4, 0.5) is 0 Å². The van der Waals surface area contributed by atoms with Crippen molar-refractivity contribution in [3.05, 3.63) is 88.7 Å². The highest BCUT2D eigenvalue weighted by Crippen LogP contribution is 2.50. The van der Waals surface area contributed by atoms with Gasteiger partial charge in [-0.15, -0.1) is 0 Å². The zero-order valence-electron chi connectivity index (χ0n) is 13.8. The highest BCUT2D eigenvalue weighted by atomic mass is 79.9. The highest BCUT2D eigenvalue weighted by molar-refractivity contribution is 9.11. The summed E-state index contributed by atoms with van der Waals surface area (Å²) < 4.78 is 7.28. The molecule has 3 aromatic rings. The summed E-state index contributed by atoms with van der Waals surface area (Å²) in [4.78, 5) is 12.7. The average molecular weight is 632 g/mol. The molecule has 3 aromatic carbocycles. The van der Waals surface area contributed by atoms with Crippen LogP contribution in [0, 0.1) is 0 Å². The van der Waals surface area contributed by atoms with E-state index < -0.39 is 11.6 Å². The molecular formula is C20H8Br4O4-2. The molecule has 0 radical (unpaired) electrons. The third-order valence-electron chi connectivity index (χ3n) is 4.58. The lowest BCUT2D eigenvalue weighted by molar-refractivity contribution is -0.271. The summed E-state index contributed by atoms with van der Waals surface area (Å²) in [6, 6.07) is 13.6. The minimum atomic E-state index is -1.31. The number of fused-ring (bicyclic) bond motifs is 1. The molecule has 0 amide bonds. The fraction of sp³-hybridized carbons (Fsp3) is 0.0500. The maximum absolute atomic E-state index is 12.7. The SMILES string of the molecule is O=C1OC(c2cc(Br)c([O-])c(Br)c2)(c2cc(Br)c([O-])c(Br)c2)c2ccccc21. The van der Waals surface area contributed by atoms with Crippen molar-refractivity contribution in [1.82, 2.24) is 0 Å². The van der Waals surface area contributed by atoms with Crippen LogP contribution in [0.2, 0.25) is 0 Å². The molecule has 28 heavy (non-hydrogen) atoms. The highest BCUT2D eigenvalue weighted by Gasteiger charge is 2.49. The number of halogens is 4. The van der Waals surface area contributed by atoms with Crippen LogP contribution in [0.15, 0.2) is 66.4 Å². The standard InChI is InChI=1S/C20H10Br4O4/c21-13-5-9(6-14(22)17(13)25)20(10-7-15(23)18(26)16(24)8-10)12-4-2-1-3-11(12)19(27)28-20/h1-8,25-26H/p-2. The van der Waals surface area contributed by atoms with E-state index >= 15 is 0 Å². The van der Waals surface area contributed by atoms with Gasteiger partial charge in [-0.25, -0.2) is 4.79 Å². The van der Waals surface area contributed by atoms with Gasteiger partial charge >= 0.3 is 5.97 Å². The van der Waals surface area contributed by atoms with Crippen molar-refractivity contribution in [2.75, 3.05) is 0 Å². The number of cyclic esters (lactones) is 1. The van der Waals surface area contributed by atoms with E-state index in [2.05, 4.69) is 63.7 Å². The van der Waals surface area contributed by atoms with Crippen LogP contribution in [0.3, 0.4) is 0 Å².